The van der Waals surface area contributed by atoms with Gasteiger partial charge in [-0.1, -0.05) is 6.58 Å². The van der Waals surface area contributed by atoms with E-state index in [9.17, 15) is 4.79 Å². The number of fused-ring (bicyclic) bond motifs is 2. The van der Waals surface area contributed by atoms with Crippen molar-refractivity contribution < 1.29 is 4.79 Å². The summed E-state index contributed by atoms with van der Waals surface area (Å²) in [6.45, 7) is 5.27. The zero-order chi connectivity index (χ0) is 19.7. The highest BCUT2D eigenvalue weighted by Gasteiger charge is 2.25. The maximum atomic E-state index is 12.9. The molecule has 0 unspecified atom stereocenters. The molecule has 0 spiro atoms. The van der Waals surface area contributed by atoms with E-state index in [1.165, 1.54) is 6.20 Å². The van der Waals surface area contributed by atoms with Crippen molar-refractivity contribution in [1.29, 1.82) is 0 Å². The Morgan fingerprint density at radius 2 is 2.21 bits per heavy atom. The van der Waals surface area contributed by atoms with Crippen molar-refractivity contribution in [3.63, 3.8) is 0 Å². The highest BCUT2D eigenvalue weighted by atomic mass is 79.9. The SMILES string of the molecule is C=C/N=C\C=C(/N)c1ccc2n1CCN(C(=O)c1cc3ncc(Br)cn3n1)C2. The molecule has 3 aromatic heterocycles. The Labute approximate surface area is 169 Å². The second-order valence-electron chi connectivity index (χ2n) is 6.30. The van der Waals surface area contributed by atoms with E-state index in [4.69, 9.17) is 5.73 Å². The van der Waals surface area contributed by atoms with Gasteiger partial charge >= 0.3 is 0 Å². The minimum Gasteiger partial charge on any atom is -0.397 e. The van der Waals surface area contributed by atoms with Crippen LogP contribution in [0.1, 0.15) is 21.9 Å². The number of hydrogen-bond acceptors (Lipinski definition) is 5. The lowest BCUT2D eigenvalue weighted by atomic mass is 10.2. The molecule has 2 N–H and O–H groups in total. The fraction of sp³-hybridized carbons (Fsp3) is 0.158. The Morgan fingerprint density at radius 1 is 1.36 bits per heavy atom. The third-order valence-corrected chi connectivity index (χ3v) is 4.96. The van der Waals surface area contributed by atoms with Crippen molar-refractivity contribution in [2.24, 2.45) is 10.7 Å². The average Bonchev–Trinajstić information content (AvgIpc) is 3.30. The van der Waals surface area contributed by atoms with Crippen LogP contribution in [0.15, 0.2) is 58.9 Å². The van der Waals surface area contributed by atoms with Gasteiger partial charge in [0.15, 0.2) is 11.3 Å². The van der Waals surface area contributed by atoms with Crippen LogP contribution in [-0.2, 0) is 13.1 Å². The van der Waals surface area contributed by atoms with E-state index in [2.05, 4.69) is 42.2 Å². The minimum atomic E-state index is -0.114. The van der Waals surface area contributed by atoms with E-state index in [1.54, 1.807) is 40.2 Å². The molecular weight excluding hydrogens is 422 g/mol. The van der Waals surface area contributed by atoms with Crippen LogP contribution in [0.4, 0.5) is 0 Å². The van der Waals surface area contributed by atoms with Crippen LogP contribution in [0, 0.1) is 0 Å². The van der Waals surface area contributed by atoms with E-state index in [0.717, 1.165) is 15.9 Å². The van der Waals surface area contributed by atoms with Crippen LogP contribution in [0.25, 0.3) is 11.3 Å². The number of nitrogens with zero attached hydrogens (tertiary/aromatic N) is 6. The number of hydrogen-bond donors (Lipinski definition) is 1. The predicted molar refractivity (Wildman–Crippen MR) is 111 cm³/mol. The Hall–Kier alpha value is -3.20. The summed E-state index contributed by atoms with van der Waals surface area (Å²) >= 11 is 3.36. The summed E-state index contributed by atoms with van der Waals surface area (Å²) in [5.74, 6) is -0.114. The summed E-state index contributed by atoms with van der Waals surface area (Å²) in [7, 11) is 0. The van der Waals surface area contributed by atoms with E-state index < -0.39 is 0 Å². The van der Waals surface area contributed by atoms with Crippen molar-refractivity contribution >= 4 is 39.4 Å². The molecular formula is C19H18BrN7O. The summed E-state index contributed by atoms with van der Waals surface area (Å²) in [5, 5.41) is 4.35. The van der Waals surface area contributed by atoms with Gasteiger partial charge in [-0.3, -0.25) is 9.79 Å². The molecule has 1 aliphatic heterocycles. The zero-order valence-corrected chi connectivity index (χ0v) is 16.6. The first kappa shape index (κ1) is 18.2. The van der Waals surface area contributed by atoms with Gasteiger partial charge < -0.3 is 15.2 Å². The maximum absolute atomic E-state index is 12.9. The molecule has 4 heterocycles. The smallest absolute Gasteiger partial charge is 0.274 e. The Bertz CT molecular complexity index is 1120. The van der Waals surface area contributed by atoms with Gasteiger partial charge in [-0.25, -0.2) is 9.50 Å². The van der Waals surface area contributed by atoms with Crippen LogP contribution in [0.2, 0.25) is 0 Å². The Morgan fingerprint density at radius 3 is 3.04 bits per heavy atom. The van der Waals surface area contributed by atoms with Gasteiger partial charge in [0.05, 0.1) is 22.4 Å². The number of aliphatic imine (C=N–C) groups is 1. The molecule has 0 aromatic carbocycles. The molecule has 0 aliphatic carbocycles. The van der Waals surface area contributed by atoms with Gasteiger partial charge in [-0.05, 0) is 34.1 Å². The second kappa shape index (κ2) is 7.43. The third kappa shape index (κ3) is 3.36. The van der Waals surface area contributed by atoms with E-state index >= 15 is 0 Å². The Kier molecular flexibility index (Phi) is 4.82. The summed E-state index contributed by atoms with van der Waals surface area (Å²) in [5.41, 5.74) is 9.73. The van der Waals surface area contributed by atoms with Crippen LogP contribution < -0.4 is 5.73 Å². The fourth-order valence-electron chi connectivity index (χ4n) is 3.22. The predicted octanol–water partition coefficient (Wildman–Crippen LogP) is 2.46. The lowest BCUT2D eigenvalue weighted by Gasteiger charge is -2.29. The number of nitrogens with two attached hydrogens (primary N) is 1. The first-order chi connectivity index (χ1) is 13.6. The molecule has 4 rings (SSSR count). The van der Waals surface area contributed by atoms with Gasteiger partial charge in [0.1, 0.15) is 0 Å². The monoisotopic (exact) mass is 439 g/mol. The average molecular weight is 440 g/mol. The number of amides is 1. The molecule has 9 heteroatoms. The molecule has 1 amide bonds. The van der Waals surface area contributed by atoms with E-state index in [1.807, 2.05) is 12.1 Å². The Balaban J connectivity index is 1.55. The number of carbonyl (C=O) groups is 1. The van der Waals surface area contributed by atoms with Gasteiger partial charge in [-0.15, -0.1) is 0 Å². The van der Waals surface area contributed by atoms with Crippen LogP contribution in [0.3, 0.4) is 0 Å². The number of allylic oxidation sites excluding steroid dienone is 1. The van der Waals surface area contributed by atoms with Crippen molar-refractivity contribution in [3.8, 4) is 0 Å². The first-order valence-corrected chi connectivity index (χ1v) is 9.45. The molecule has 142 valence electrons. The van der Waals surface area contributed by atoms with E-state index in [-0.39, 0.29) is 5.91 Å². The summed E-state index contributed by atoms with van der Waals surface area (Å²) in [4.78, 5) is 22.9. The van der Waals surface area contributed by atoms with Crippen molar-refractivity contribution in [2.75, 3.05) is 6.54 Å². The van der Waals surface area contributed by atoms with Crippen molar-refractivity contribution in [3.05, 3.63) is 71.0 Å². The molecule has 0 atom stereocenters. The molecule has 1 aliphatic rings. The fourth-order valence-corrected chi connectivity index (χ4v) is 3.52. The van der Waals surface area contributed by atoms with Gasteiger partial charge in [-0.2, -0.15) is 5.10 Å². The lowest BCUT2D eigenvalue weighted by Crippen LogP contribution is -2.38. The van der Waals surface area contributed by atoms with Gasteiger partial charge in [0.25, 0.3) is 5.91 Å². The molecule has 0 radical (unpaired) electrons. The minimum absolute atomic E-state index is 0.114. The molecule has 0 saturated carbocycles. The number of aromatic nitrogens is 4. The van der Waals surface area contributed by atoms with Gasteiger partial charge in [0, 0.05) is 49.7 Å². The zero-order valence-electron chi connectivity index (χ0n) is 15.0. The highest BCUT2D eigenvalue weighted by molar-refractivity contribution is 9.10. The highest BCUT2D eigenvalue weighted by Crippen LogP contribution is 2.22. The topological polar surface area (TPSA) is 93.8 Å². The largest absolute Gasteiger partial charge is 0.397 e. The summed E-state index contributed by atoms with van der Waals surface area (Å²) in [6.07, 6.45) is 8.25. The van der Waals surface area contributed by atoms with E-state index in [0.29, 0.717) is 36.7 Å². The lowest BCUT2D eigenvalue weighted by molar-refractivity contribution is 0.0704. The van der Waals surface area contributed by atoms with Gasteiger partial charge in [0.2, 0.25) is 0 Å². The van der Waals surface area contributed by atoms with Crippen LogP contribution in [-0.4, -0.2) is 42.7 Å². The first-order valence-electron chi connectivity index (χ1n) is 8.65. The van der Waals surface area contributed by atoms with Crippen LogP contribution >= 0.6 is 15.9 Å². The molecule has 8 nitrogen and oxygen atoms in total. The standard InChI is InChI=1S/C19H18BrN7O/c1-2-22-6-5-15(21)17-4-3-14-12-25(7-8-26(14)17)19(28)16-9-18-23-10-13(20)11-27(18)24-16/h2-6,9-11H,1,7-8,12,21H2/b15-5-,22-6-. The molecule has 0 fully saturated rings. The van der Waals surface area contributed by atoms with Crippen molar-refractivity contribution in [1.82, 2.24) is 24.1 Å². The molecule has 0 bridgehead atoms. The number of rotatable bonds is 4. The summed E-state index contributed by atoms with van der Waals surface area (Å²) in [6, 6.07) is 5.65. The number of halogens is 1. The van der Waals surface area contributed by atoms with Crippen LogP contribution in [0.5, 0.6) is 0 Å². The molecule has 0 saturated heterocycles. The second-order valence-corrected chi connectivity index (χ2v) is 7.21. The van der Waals surface area contributed by atoms with Crippen molar-refractivity contribution in [2.45, 2.75) is 13.1 Å². The maximum Gasteiger partial charge on any atom is 0.274 e. The summed E-state index contributed by atoms with van der Waals surface area (Å²) < 4.78 is 4.52. The number of carbonyl (C=O) groups excluding carboxylic acids is 1. The third-order valence-electron chi connectivity index (χ3n) is 4.55. The normalized spacial score (nSPS) is 14.6. The molecule has 28 heavy (non-hydrogen) atoms. The molecule has 3 aromatic rings. The quantitative estimate of drug-likeness (QED) is 0.631.